The van der Waals surface area contributed by atoms with E-state index in [-0.39, 0.29) is 17.1 Å². The Bertz CT molecular complexity index is 912. The van der Waals surface area contributed by atoms with Gasteiger partial charge >= 0.3 is 0 Å². The standard InChI is InChI=1S/C17H20INO4S/c1-5-24(21,22)9-14-12(4)19-17(20)15(18)16(14)23-13-7-10(2)6-11(3)8-13/h6-8H,5,9H2,1-4H3,(H,19,20). The van der Waals surface area contributed by atoms with E-state index >= 15 is 0 Å². The van der Waals surface area contributed by atoms with Gasteiger partial charge in [-0.1, -0.05) is 13.0 Å². The number of rotatable bonds is 5. The van der Waals surface area contributed by atoms with E-state index in [4.69, 9.17) is 4.74 Å². The van der Waals surface area contributed by atoms with Crippen LogP contribution in [0.15, 0.2) is 23.0 Å². The second kappa shape index (κ2) is 7.26. The van der Waals surface area contributed by atoms with E-state index in [1.165, 1.54) is 0 Å². The lowest BCUT2D eigenvalue weighted by Gasteiger charge is -2.16. The molecule has 1 aromatic heterocycles. The number of aromatic nitrogens is 1. The Morgan fingerprint density at radius 1 is 1.12 bits per heavy atom. The number of halogens is 1. The first-order chi connectivity index (χ1) is 11.1. The maximum atomic E-state index is 12.1. The molecule has 7 heteroatoms. The molecule has 0 saturated carbocycles. The van der Waals surface area contributed by atoms with E-state index < -0.39 is 9.84 Å². The fraction of sp³-hybridized carbons (Fsp3) is 0.353. The summed E-state index contributed by atoms with van der Waals surface area (Å²) in [4.78, 5) is 14.8. The van der Waals surface area contributed by atoms with Crippen molar-refractivity contribution < 1.29 is 13.2 Å². The van der Waals surface area contributed by atoms with Crippen LogP contribution in [0.5, 0.6) is 11.5 Å². The number of hydrogen-bond donors (Lipinski definition) is 1. The molecular weight excluding hydrogens is 441 g/mol. The first kappa shape index (κ1) is 19.0. The number of hydrogen-bond acceptors (Lipinski definition) is 4. The van der Waals surface area contributed by atoms with Gasteiger partial charge in [0.1, 0.15) is 9.32 Å². The summed E-state index contributed by atoms with van der Waals surface area (Å²) in [5, 5.41) is 0. The highest BCUT2D eigenvalue weighted by Crippen LogP contribution is 2.32. The molecule has 0 amide bonds. The molecular formula is C17H20INO4S. The Hall–Kier alpha value is -1.35. The van der Waals surface area contributed by atoms with Crippen LogP contribution in [-0.2, 0) is 15.6 Å². The lowest BCUT2D eigenvalue weighted by atomic mass is 10.1. The monoisotopic (exact) mass is 461 g/mol. The van der Waals surface area contributed by atoms with Crippen molar-refractivity contribution in [3.05, 3.63) is 54.5 Å². The molecule has 2 rings (SSSR count). The van der Waals surface area contributed by atoms with Crippen molar-refractivity contribution in [2.75, 3.05) is 5.75 Å². The normalized spacial score (nSPS) is 11.5. The minimum Gasteiger partial charge on any atom is -0.456 e. The third-order valence-corrected chi connectivity index (χ3v) is 6.23. The van der Waals surface area contributed by atoms with Crippen molar-refractivity contribution in [3.8, 4) is 11.5 Å². The molecule has 0 spiro atoms. The quantitative estimate of drug-likeness (QED) is 0.691. The zero-order valence-electron chi connectivity index (χ0n) is 14.1. The van der Waals surface area contributed by atoms with Gasteiger partial charge in [0.15, 0.2) is 15.6 Å². The summed E-state index contributed by atoms with van der Waals surface area (Å²) in [5.41, 5.74) is 2.79. The highest BCUT2D eigenvalue weighted by molar-refractivity contribution is 14.1. The number of pyridine rings is 1. The number of nitrogens with one attached hydrogen (secondary N) is 1. The van der Waals surface area contributed by atoms with Gasteiger partial charge in [-0.25, -0.2) is 8.42 Å². The summed E-state index contributed by atoms with van der Waals surface area (Å²) in [5.74, 6) is 0.775. The lowest BCUT2D eigenvalue weighted by molar-refractivity contribution is 0.470. The van der Waals surface area contributed by atoms with Gasteiger partial charge in [-0.05, 0) is 66.6 Å². The second-order valence-electron chi connectivity index (χ2n) is 5.80. The minimum absolute atomic E-state index is 0.0329. The molecule has 0 radical (unpaired) electrons. The van der Waals surface area contributed by atoms with Gasteiger partial charge in [-0.2, -0.15) is 0 Å². The van der Waals surface area contributed by atoms with Crippen molar-refractivity contribution in [1.82, 2.24) is 4.98 Å². The van der Waals surface area contributed by atoms with Crippen molar-refractivity contribution in [1.29, 1.82) is 0 Å². The van der Waals surface area contributed by atoms with E-state index in [1.54, 1.807) is 13.8 Å². The van der Waals surface area contributed by atoms with E-state index in [9.17, 15) is 13.2 Å². The Kier molecular flexibility index (Phi) is 5.74. The van der Waals surface area contributed by atoms with Gasteiger partial charge < -0.3 is 9.72 Å². The lowest BCUT2D eigenvalue weighted by Crippen LogP contribution is -2.18. The summed E-state index contributed by atoms with van der Waals surface area (Å²) in [7, 11) is -3.26. The number of sulfone groups is 1. The average Bonchev–Trinajstić information content (AvgIpc) is 2.47. The van der Waals surface area contributed by atoms with Crippen molar-refractivity contribution >= 4 is 32.4 Å². The van der Waals surface area contributed by atoms with Gasteiger partial charge in [0.05, 0.1) is 5.75 Å². The Morgan fingerprint density at radius 2 is 1.71 bits per heavy atom. The smallest absolute Gasteiger partial charge is 0.265 e. The Balaban J connectivity index is 2.60. The summed E-state index contributed by atoms with van der Waals surface area (Å²) in [6.07, 6.45) is 0. The van der Waals surface area contributed by atoms with Crippen molar-refractivity contribution in [2.24, 2.45) is 0 Å². The van der Waals surface area contributed by atoms with Crippen LogP contribution in [0.25, 0.3) is 0 Å². The van der Waals surface area contributed by atoms with Crippen LogP contribution < -0.4 is 10.3 Å². The van der Waals surface area contributed by atoms with E-state index in [0.29, 0.717) is 26.3 Å². The predicted molar refractivity (Wildman–Crippen MR) is 104 cm³/mol. The molecule has 0 fully saturated rings. The summed E-state index contributed by atoms with van der Waals surface area (Å²) < 4.78 is 30.5. The van der Waals surface area contributed by atoms with Crippen molar-refractivity contribution in [3.63, 3.8) is 0 Å². The van der Waals surface area contributed by atoms with Crippen LogP contribution in [0.2, 0.25) is 0 Å². The van der Waals surface area contributed by atoms with Crippen molar-refractivity contribution in [2.45, 2.75) is 33.4 Å². The fourth-order valence-corrected chi connectivity index (χ4v) is 3.98. The van der Waals surface area contributed by atoms with Crippen LogP contribution in [-0.4, -0.2) is 19.2 Å². The van der Waals surface area contributed by atoms with Gasteiger partial charge in [-0.15, -0.1) is 0 Å². The topological polar surface area (TPSA) is 76.2 Å². The van der Waals surface area contributed by atoms with Gasteiger partial charge in [0.2, 0.25) is 0 Å². The van der Waals surface area contributed by atoms with E-state index in [0.717, 1.165) is 11.1 Å². The molecule has 0 aliphatic heterocycles. The molecule has 0 aliphatic carbocycles. The molecule has 0 unspecified atom stereocenters. The zero-order chi connectivity index (χ0) is 18.1. The molecule has 24 heavy (non-hydrogen) atoms. The summed E-state index contributed by atoms with van der Waals surface area (Å²) in [6, 6.07) is 5.73. The van der Waals surface area contributed by atoms with Crippen LogP contribution in [0.4, 0.5) is 0 Å². The largest absolute Gasteiger partial charge is 0.456 e. The molecule has 0 aliphatic rings. The SMILES string of the molecule is CCS(=O)(=O)Cc1c(C)[nH]c(=O)c(I)c1Oc1cc(C)cc(C)c1. The summed E-state index contributed by atoms with van der Waals surface area (Å²) >= 11 is 1.89. The summed E-state index contributed by atoms with van der Waals surface area (Å²) in [6.45, 7) is 7.20. The minimum atomic E-state index is -3.26. The third kappa shape index (κ3) is 4.38. The average molecular weight is 461 g/mol. The zero-order valence-corrected chi connectivity index (χ0v) is 17.0. The predicted octanol–water partition coefficient (Wildman–Crippen LogP) is 3.63. The van der Waals surface area contributed by atoms with E-state index in [2.05, 4.69) is 4.98 Å². The molecule has 0 bridgehead atoms. The maximum absolute atomic E-state index is 12.1. The highest BCUT2D eigenvalue weighted by Gasteiger charge is 2.21. The van der Waals surface area contributed by atoms with Gasteiger partial charge in [-0.3, -0.25) is 4.79 Å². The van der Waals surface area contributed by atoms with Crippen LogP contribution in [0, 0.1) is 24.3 Å². The van der Waals surface area contributed by atoms with Gasteiger partial charge in [0, 0.05) is 17.0 Å². The third-order valence-electron chi connectivity index (χ3n) is 3.65. The maximum Gasteiger partial charge on any atom is 0.265 e. The van der Waals surface area contributed by atoms with Crippen LogP contribution in [0.1, 0.15) is 29.3 Å². The molecule has 1 N–H and O–H groups in total. The van der Waals surface area contributed by atoms with Crippen LogP contribution in [0.3, 0.4) is 0 Å². The first-order valence-corrected chi connectivity index (χ1v) is 10.4. The Morgan fingerprint density at radius 3 is 2.25 bits per heavy atom. The molecule has 2 aromatic rings. The number of ether oxygens (including phenoxy) is 1. The molecule has 1 aromatic carbocycles. The van der Waals surface area contributed by atoms with E-state index in [1.807, 2.05) is 54.6 Å². The molecule has 5 nitrogen and oxygen atoms in total. The second-order valence-corrected chi connectivity index (χ2v) is 9.23. The first-order valence-electron chi connectivity index (χ1n) is 7.50. The molecule has 0 saturated heterocycles. The number of H-pyrrole nitrogens is 1. The number of benzene rings is 1. The fourth-order valence-electron chi connectivity index (χ4n) is 2.42. The van der Waals surface area contributed by atoms with Gasteiger partial charge in [0.25, 0.3) is 5.56 Å². The molecule has 0 atom stereocenters. The number of aromatic amines is 1. The van der Waals surface area contributed by atoms with Crippen LogP contribution >= 0.6 is 22.6 Å². The molecule has 130 valence electrons. The molecule has 1 heterocycles. The highest BCUT2D eigenvalue weighted by atomic mass is 127. The number of aryl methyl sites for hydroxylation is 3. The Labute approximate surface area is 155 Å².